The van der Waals surface area contributed by atoms with Crippen molar-refractivity contribution in [2.75, 3.05) is 6.54 Å². The summed E-state index contributed by atoms with van der Waals surface area (Å²) in [4.78, 5) is 19.3. The number of thiazole rings is 1. The summed E-state index contributed by atoms with van der Waals surface area (Å²) in [6, 6.07) is 0.103. The van der Waals surface area contributed by atoms with Gasteiger partial charge in [0.1, 0.15) is 10.8 Å². The largest absolute Gasteiger partial charge is 0.326 e. The fourth-order valence-electron chi connectivity index (χ4n) is 3.44. The third-order valence-corrected chi connectivity index (χ3v) is 5.43. The van der Waals surface area contributed by atoms with Crippen LogP contribution in [0.25, 0.3) is 0 Å². The summed E-state index contributed by atoms with van der Waals surface area (Å²) in [6.07, 6.45) is 8.18. The zero-order chi connectivity index (χ0) is 14.9. The zero-order valence-corrected chi connectivity index (χ0v) is 13.3. The summed E-state index contributed by atoms with van der Waals surface area (Å²) in [5.74, 6) is 1.49. The Morgan fingerprint density at radius 2 is 2.14 bits per heavy atom. The van der Waals surface area contributed by atoms with E-state index in [0.717, 1.165) is 56.0 Å². The molecule has 1 amide bonds. The first-order valence-electron chi connectivity index (χ1n) is 7.97. The molecule has 22 heavy (non-hydrogen) atoms. The van der Waals surface area contributed by atoms with E-state index in [4.69, 9.17) is 0 Å². The van der Waals surface area contributed by atoms with Crippen LogP contribution < -0.4 is 0 Å². The standard InChI is InChI=1S/C15H19N5OS/c21-15(13-18-17-12-6-2-1-3-8-20(12)13)19-9-4-5-11(19)14-16-7-10-22-14/h7,10-11H,1-6,8-9H2. The molecule has 0 spiro atoms. The third kappa shape index (κ3) is 2.33. The van der Waals surface area contributed by atoms with Crippen molar-refractivity contribution in [3.63, 3.8) is 0 Å². The average molecular weight is 317 g/mol. The third-order valence-electron chi connectivity index (χ3n) is 4.55. The van der Waals surface area contributed by atoms with Crippen LogP contribution in [0.4, 0.5) is 0 Å². The van der Waals surface area contributed by atoms with Gasteiger partial charge in [0.15, 0.2) is 0 Å². The van der Waals surface area contributed by atoms with E-state index < -0.39 is 0 Å². The molecular formula is C15H19N5OS. The fraction of sp³-hybridized carbons (Fsp3) is 0.600. The van der Waals surface area contributed by atoms with Gasteiger partial charge in [0.05, 0.1) is 6.04 Å². The Hall–Kier alpha value is -1.76. The highest BCUT2D eigenvalue weighted by atomic mass is 32.1. The molecule has 1 fully saturated rings. The van der Waals surface area contributed by atoms with Gasteiger partial charge < -0.3 is 9.47 Å². The number of aromatic nitrogens is 4. The molecule has 4 heterocycles. The number of likely N-dealkylation sites (tertiary alicyclic amines) is 1. The van der Waals surface area contributed by atoms with Crippen LogP contribution in [-0.4, -0.2) is 37.1 Å². The molecule has 2 aromatic heterocycles. The SMILES string of the molecule is O=C(c1nnc2n1CCCCC2)N1CCCC1c1nccs1. The highest BCUT2D eigenvalue weighted by Gasteiger charge is 2.35. The van der Waals surface area contributed by atoms with E-state index in [0.29, 0.717) is 5.82 Å². The molecule has 6 nitrogen and oxygen atoms in total. The molecule has 116 valence electrons. The lowest BCUT2D eigenvalue weighted by Crippen LogP contribution is -2.33. The average Bonchev–Trinajstić information content (AvgIpc) is 3.24. The first kappa shape index (κ1) is 13.9. The van der Waals surface area contributed by atoms with E-state index in [9.17, 15) is 4.79 Å². The minimum absolute atomic E-state index is 0.0124. The molecule has 0 saturated carbocycles. The van der Waals surface area contributed by atoms with Gasteiger partial charge in [-0.15, -0.1) is 21.5 Å². The molecule has 1 atom stereocenters. The second kappa shape index (κ2) is 5.79. The van der Waals surface area contributed by atoms with E-state index in [1.54, 1.807) is 11.3 Å². The molecule has 7 heteroatoms. The van der Waals surface area contributed by atoms with Crippen LogP contribution in [0.2, 0.25) is 0 Å². The smallest absolute Gasteiger partial charge is 0.292 e. The summed E-state index contributed by atoms with van der Waals surface area (Å²) < 4.78 is 2.03. The van der Waals surface area contributed by atoms with Crippen molar-refractivity contribution in [2.24, 2.45) is 0 Å². The Morgan fingerprint density at radius 3 is 3.00 bits per heavy atom. The van der Waals surface area contributed by atoms with Crippen molar-refractivity contribution in [2.45, 2.75) is 51.1 Å². The second-order valence-electron chi connectivity index (χ2n) is 5.93. The maximum atomic E-state index is 13.0. The Balaban J connectivity index is 1.63. The molecule has 0 aromatic carbocycles. The minimum Gasteiger partial charge on any atom is -0.326 e. The number of hydrogen-bond donors (Lipinski definition) is 0. The zero-order valence-electron chi connectivity index (χ0n) is 12.4. The van der Waals surface area contributed by atoms with Crippen molar-refractivity contribution >= 4 is 17.2 Å². The van der Waals surface area contributed by atoms with Crippen LogP contribution in [0, 0.1) is 0 Å². The fourth-order valence-corrected chi connectivity index (χ4v) is 4.22. The van der Waals surface area contributed by atoms with E-state index in [1.807, 2.05) is 21.0 Å². The monoisotopic (exact) mass is 317 g/mol. The van der Waals surface area contributed by atoms with Crippen LogP contribution >= 0.6 is 11.3 Å². The minimum atomic E-state index is 0.0124. The van der Waals surface area contributed by atoms with Crippen LogP contribution in [0.5, 0.6) is 0 Å². The number of carbonyl (C=O) groups excluding carboxylic acids is 1. The lowest BCUT2D eigenvalue weighted by Gasteiger charge is -2.22. The first-order valence-corrected chi connectivity index (χ1v) is 8.85. The Morgan fingerprint density at radius 1 is 1.18 bits per heavy atom. The van der Waals surface area contributed by atoms with E-state index in [-0.39, 0.29) is 11.9 Å². The summed E-state index contributed by atoms with van der Waals surface area (Å²) in [5, 5.41) is 11.5. The molecule has 0 N–H and O–H groups in total. The normalized spacial score (nSPS) is 21.6. The van der Waals surface area contributed by atoms with E-state index in [2.05, 4.69) is 15.2 Å². The highest BCUT2D eigenvalue weighted by Crippen LogP contribution is 2.34. The summed E-state index contributed by atoms with van der Waals surface area (Å²) in [6.45, 7) is 1.64. The van der Waals surface area contributed by atoms with Gasteiger partial charge in [-0.3, -0.25) is 4.79 Å². The highest BCUT2D eigenvalue weighted by molar-refractivity contribution is 7.09. The maximum Gasteiger partial charge on any atom is 0.292 e. The lowest BCUT2D eigenvalue weighted by molar-refractivity contribution is 0.0717. The molecule has 0 radical (unpaired) electrons. The number of nitrogens with zero attached hydrogens (tertiary/aromatic N) is 5. The van der Waals surface area contributed by atoms with Crippen LogP contribution in [0.15, 0.2) is 11.6 Å². The number of amides is 1. The molecular weight excluding hydrogens is 298 g/mol. The van der Waals surface area contributed by atoms with Crippen molar-refractivity contribution in [3.8, 4) is 0 Å². The number of carbonyl (C=O) groups is 1. The van der Waals surface area contributed by atoms with E-state index in [1.165, 1.54) is 6.42 Å². The van der Waals surface area contributed by atoms with E-state index >= 15 is 0 Å². The number of rotatable bonds is 2. The molecule has 2 aromatic rings. The Kier molecular flexibility index (Phi) is 3.65. The van der Waals surface area contributed by atoms with Gasteiger partial charge in [-0.25, -0.2) is 4.98 Å². The van der Waals surface area contributed by atoms with Gasteiger partial charge >= 0.3 is 0 Å². The van der Waals surface area contributed by atoms with Gasteiger partial charge in [-0.1, -0.05) is 6.42 Å². The van der Waals surface area contributed by atoms with Crippen molar-refractivity contribution < 1.29 is 4.79 Å². The number of aryl methyl sites for hydroxylation is 1. The lowest BCUT2D eigenvalue weighted by atomic mass is 10.2. The summed E-state index contributed by atoms with van der Waals surface area (Å²) in [7, 11) is 0. The molecule has 0 aliphatic carbocycles. The predicted octanol–water partition coefficient (Wildman–Crippen LogP) is 2.44. The molecule has 0 bridgehead atoms. The van der Waals surface area contributed by atoms with Crippen LogP contribution in [0.1, 0.15) is 59.6 Å². The van der Waals surface area contributed by atoms with Gasteiger partial charge in [-0.05, 0) is 25.7 Å². The van der Waals surface area contributed by atoms with Crippen molar-refractivity contribution in [1.29, 1.82) is 0 Å². The van der Waals surface area contributed by atoms with Gasteiger partial charge in [0.2, 0.25) is 5.82 Å². The van der Waals surface area contributed by atoms with Gasteiger partial charge in [-0.2, -0.15) is 0 Å². The topological polar surface area (TPSA) is 63.9 Å². The second-order valence-corrected chi connectivity index (χ2v) is 6.86. The molecule has 2 aliphatic rings. The first-order chi connectivity index (χ1) is 10.8. The van der Waals surface area contributed by atoms with Gasteiger partial charge in [0, 0.05) is 31.1 Å². The number of hydrogen-bond acceptors (Lipinski definition) is 5. The van der Waals surface area contributed by atoms with Crippen molar-refractivity contribution in [3.05, 3.63) is 28.2 Å². The number of fused-ring (bicyclic) bond motifs is 1. The van der Waals surface area contributed by atoms with Crippen LogP contribution in [0.3, 0.4) is 0 Å². The van der Waals surface area contributed by atoms with Crippen molar-refractivity contribution in [1.82, 2.24) is 24.6 Å². The molecule has 2 aliphatic heterocycles. The Labute approximate surface area is 133 Å². The summed E-state index contributed by atoms with van der Waals surface area (Å²) in [5.41, 5.74) is 0. The predicted molar refractivity (Wildman–Crippen MR) is 82.7 cm³/mol. The Bertz CT molecular complexity index is 666. The molecule has 1 saturated heterocycles. The molecule has 1 unspecified atom stereocenters. The van der Waals surface area contributed by atoms with Gasteiger partial charge in [0.25, 0.3) is 5.91 Å². The quantitative estimate of drug-likeness (QED) is 0.853. The maximum absolute atomic E-state index is 13.0. The summed E-state index contributed by atoms with van der Waals surface area (Å²) >= 11 is 1.62. The van der Waals surface area contributed by atoms with Crippen LogP contribution in [-0.2, 0) is 13.0 Å². The molecule has 4 rings (SSSR count).